The summed E-state index contributed by atoms with van der Waals surface area (Å²) in [4.78, 5) is 44.5. The number of nitrogens with two attached hydrogens (primary N) is 1. The first-order chi connectivity index (χ1) is 14.4. The third-order valence-electron chi connectivity index (χ3n) is 5.07. The fraction of sp³-hybridized carbons (Fsp3) is 0.300. The fourth-order valence-electron chi connectivity index (χ4n) is 3.56. The van der Waals surface area contributed by atoms with Crippen molar-refractivity contribution in [3.05, 3.63) is 50.6 Å². The minimum Gasteiger partial charge on any atom is -0.465 e. The molecule has 0 fully saturated rings. The van der Waals surface area contributed by atoms with Gasteiger partial charge in [-0.1, -0.05) is 30.0 Å². The van der Waals surface area contributed by atoms with Crippen LogP contribution < -0.4 is 16.3 Å². The van der Waals surface area contributed by atoms with E-state index >= 15 is 0 Å². The monoisotopic (exact) mass is 444 g/mol. The van der Waals surface area contributed by atoms with E-state index in [-0.39, 0.29) is 16.8 Å². The molecule has 30 heavy (non-hydrogen) atoms. The second-order valence-electron chi connectivity index (χ2n) is 6.86. The summed E-state index contributed by atoms with van der Waals surface area (Å²) in [5.74, 6) is 5.46. The van der Waals surface area contributed by atoms with Crippen LogP contribution >= 0.6 is 23.1 Å². The Bertz CT molecular complexity index is 1220. The van der Waals surface area contributed by atoms with Crippen LogP contribution in [0.25, 0.3) is 10.2 Å². The molecular formula is C20H20N4O4S2. The zero-order valence-electron chi connectivity index (χ0n) is 16.5. The SMILES string of the molecule is COC(=O)c1sc2nc(SCC(=O)N3CCCc4ccccc43)n(N)c(=O)c2c1C. The summed E-state index contributed by atoms with van der Waals surface area (Å²) in [6.07, 6.45) is 1.86. The number of amides is 1. The molecule has 1 amide bonds. The number of carbonyl (C=O) groups excluding carboxylic acids is 2. The van der Waals surface area contributed by atoms with E-state index in [0.717, 1.165) is 51.9 Å². The second kappa shape index (κ2) is 8.11. The number of nitrogen functional groups attached to an aromatic ring is 1. The smallest absolute Gasteiger partial charge is 0.348 e. The molecule has 0 saturated heterocycles. The molecule has 4 rings (SSSR count). The third-order valence-corrected chi connectivity index (χ3v) is 7.17. The maximum Gasteiger partial charge on any atom is 0.348 e. The number of aromatic nitrogens is 2. The van der Waals surface area contributed by atoms with E-state index in [1.54, 1.807) is 11.8 Å². The Hall–Kier alpha value is -2.85. The topological polar surface area (TPSA) is 108 Å². The number of fused-ring (bicyclic) bond motifs is 2. The van der Waals surface area contributed by atoms with Gasteiger partial charge in [-0.05, 0) is 37.0 Å². The van der Waals surface area contributed by atoms with E-state index in [9.17, 15) is 14.4 Å². The lowest BCUT2D eigenvalue weighted by molar-refractivity contribution is -0.116. The fourth-order valence-corrected chi connectivity index (χ4v) is 5.50. The minimum absolute atomic E-state index is 0.0703. The van der Waals surface area contributed by atoms with Crippen molar-refractivity contribution in [1.82, 2.24) is 9.66 Å². The lowest BCUT2D eigenvalue weighted by atomic mass is 10.0. The van der Waals surface area contributed by atoms with Crippen molar-refractivity contribution in [3.8, 4) is 0 Å². The molecule has 10 heteroatoms. The zero-order valence-corrected chi connectivity index (χ0v) is 18.1. The Kier molecular flexibility index (Phi) is 5.52. The van der Waals surface area contributed by atoms with E-state index in [1.165, 1.54) is 7.11 Å². The number of carbonyl (C=O) groups is 2. The van der Waals surface area contributed by atoms with Crippen molar-refractivity contribution in [2.24, 2.45) is 0 Å². The Morgan fingerprint density at radius 2 is 2.10 bits per heavy atom. The molecule has 8 nitrogen and oxygen atoms in total. The number of hydrogen-bond acceptors (Lipinski definition) is 8. The van der Waals surface area contributed by atoms with Crippen molar-refractivity contribution in [2.45, 2.75) is 24.9 Å². The van der Waals surface area contributed by atoms with Gasteiger partial charge >= 0.3 is 5.97 Å². The Balaban J connectivity index is 1.60. The van der Waals surface area contributed by atoms with Crippen LogP contribution in [-0.2, 0) is 16.0 Å². The van der Waals surface area contributed by atoms with Gasteiger partial charge in [0.1, 0.15) is 9.71 Å². The summed E-state index contributed by atoms with van der Waals surface area (Å²) in [5.41, 5.74) is 2.12. The number of para-hydroxylation sites is 1. The van der Waals surface area contributed by atoms with Gasteiger partial charge in [0.15, 0.2) is 5.16 Å². The maximum absolute atomic E-state index is 12.9. The quantitative estimate of drug-likeness (QED) is 0.285. The van der Waals surface area contributed by atoms with Gasteiger partial charge < -0.3 is 15.5 Å². The van der Waals surface area contributed by atoms with Crippen molar-refractivity contribution in [2.75, 3.05) is 30.1 Å². The number of thiophene rings is 1. The first-order valence-corrected chi connectivity index (χ1v) is 11.1. The molecule has 1 aromatic carbocycles. The summed E-state index contributed by atoms with van der Waals surface area (Å²) < 4.78 is 5.71. The predicted molar refractivity (Wildman–Crippen MR) is 118 cm³/mol. The Morgan fingerprint density at radius 1 is 1.33 bits per heavy atom. The molecule has 1 aliphatic heterocycles. The van der Waals surface area contributed by atoms with Gasteiger partial charge in [-0.2, -0.15) is 0 Å². The van der Waals surface area contributed by atoms with E-state index in [2.05, 4.69) is 4.98 Å². The van der Waals surface area contributed by atoms with Crippen LogP contribution in [0.1, 0.15) is 27.2 Å². The highest BCUT2D eigenvalue weighted by atomic mass is 32.2. The lowest BCUT2D eigenvalue weighted by Crippen LogP contribution is -2.37. The number of anilines is 1. The normalized spacial score (nSPS) is 13.3. The molecule has 0 atom stereocenters. The number of methoxy groups -OCH3 is 1. The summed E-state index contributed by atoms with van der Waals surface area (Å²) in [5, 5.41) is 0.521. The number of hydrogen-bond donors (Lipinski definition) is 1. The number of rotatable bonds is 4. The molecule has 3 aromatic rings. The highest BCUT2D eigenvalue weighted by molar-refractivity contribution is 7.99. The van der Waals surface area contributed by atoms with Crippen LogP contribution in [0, 0.1) is 6.92 Å². The van der Waals surface area contributed by atoms with E-state index in [0.29, 0.717) is 27.2 Å². The summed E-state index contributed by atoms with van der Waals surface area (Å²) in [7, 11) is 1.28. The van der Waals surface area contributed by atoms with Gasteiger partial charge in [0.25, 0.3) is 5.56 Å². The molecule has 0 bridgehead atoms. The minimum atomic E-state index is -0.522. The number of benzene rings is 1. The predicted octanol–water partition coefficient (Wildman–Crippen LogP) is 2.34. The van der Waals surface area contributed by atoms with Gasteiger partial charge in [-0.3, -0.25) is 9.59 Å². The number of ether oxygens (including phenoxy) is 1. The molecule has 0 saturated carbocycles. The molecule has 0 spiro atoms. The van der Waals surface area contributed by atoms with Crippen LogP contribution in [0.15, 0.2) is 34.2 Å². The first kappa shape index (κ1) is 20.4. The lowest BCUT2D eigenvalue weighted by Gasteiger charge is -2.29. The molecule has 3 heterocycles. The van der Waals surface area contributed by atoms with Gasteiger partial charge in [0.05, 0.1) is 18.2 Å². The summed E-state index contributed by atoms with van der Waals surface area (Å²) in [6.45, 7) is 2.32. The number of thioether (sulfide) groups is 1. The highest BCUT2D eigenvalue weighted by Gasteiger charge is 2.24. The average molecular weight is 445 g/mol. The Morgan fingerprint density at radius 3 is 2.87 bits per heavy atom. The molecule has 156 valence electrons. The Labute approximate surface area is 180 Å². The molecule has 2 N–H and O–H groups in total. The number of aryl methyl sites for hydroxylation is 2. The van der Waals surface area contributed by atoms with Crippen molar-refractivity contribution in [3.63, 3.8) is 0 Å². The van der Waals surface area contributed by atoms with Crippen LogP contribution in [0.3, 0.4) is 0 Å². The molecule has 0 radical (unpaired) electrons. The van der Waals surface area contributed by atoms with Crippen LogP contribution in [0.4, 0.5) is 5.69 Å². The molecule has 0 aliphatic carbocycles. The van der Waals surface area contributed by atoms with E-state index < -0.39 is 11.5 Å². The zero-order chi connectivity index (χ0) is 21.4. The number of nitrogens with zero attached hydrogens (tertiary/aromatic N) is 3. The van der Waals surface area contributed by atoms with Crippen molar-refractivity contribution < 1.29 is 14.3 Å². The van der Waals surface area contributed by atoms with Crippen molar-refractivity contribution >= 4 is 50.9 Å². The first-order valence-electron chi connectivity index (χ1n) is 9.33. The van der Waals surface area contributed by atoms with Crippen LogP contribution in [-0.4, -0.2) is 40.9 Å². The largest absolute Gasteiger partial charge is 0.465 e. The van der Waals surface area contributed by atoms with Crippen LogP contribution in [0.5, 0.6) is 0 Å². The van der Waals surface area contributed by atoms with Gasteiger partial charge in [-0.15, -0.1) is 11.3 Å². The second-order valence-corrected chi connectivity index (χ2v) is 8.81. The van der Waals surface area contributed by atoms with E-state index in [1.807, 2.05) is 24.3 Å². The summed E-state index contributed by atoms with van der Waals surface area (Å²) >= 11 is 2.19. The molecular weight excluding hydrogens is 424 g/mol. The molecule has 2 aromatic heterocycles. The number of esters is 1. The maximum atomic E-state index is 12.9. The third kappa shape index (κ3) is 3.46. The van der Waals surface area contributed by atoms with Gasteiger partial charge in [0.2, 0.25) is 5.91 Å². The standard InChI is InChI=1S/C20H20N4O4S2/c1-11-15-17(30-16(11)19(27)28-2)22-20(24(21)18(15)26)29-10-14(25)23-9-5-7-12-6-3-4-8-13(12)23/h3-4,6,8H,5,7,9-10,21H2,1-2H3. The van der Waals surface area contributed by atoms with E-state index in [4.69, 9.17) is 10.6 Å². The van der Waals surface area contributed by atoms with Crippen LogP contribution in [0.2, 0.25) is 0 Å². The van der Waals surface area contributed by atoms with Crippen molar-refractivity contribution in [1.29, 1.82) is 0 Å². The van der Waals surface area contributed by atoms with Gasteiger partial charge in [0, 0.05) is 12.2 Å². The average Bonchev–Trinajstić information content (AvgIpc) is 3.10. The van der Waals surface area contributed by atoms with Gasteiger partial charge in [-0.25, -0.2) is 14.5 Å². The molecule has 1 aliphatic rings. The molecule has 0 unspecified atom stereocenters. The summed E-state index contributed by atoms with van der Waals surface area (Å²) in [6, 6.07) is 7.87. The highest BCUT2D eigenvalue weighted by Crippen LogP contribution is 2.30.